The van der Waals surface area contributed by atoms with Gasteiger partial charge < -0.3 is 0 Å². The fraction of sp³-hybridized carbons (Fsp3) is 0.235. The van der Waals surface area contributed by atoms with Crippen LogP contribution in [0.25, 0.3) is 11.4 Å². The van der Waals surface area contributed by atoms with Gasteiger partial charge in [-0.3, -0.25) is 9.20 Å². The summed E-state index contributed by atoms with van der Waals surface area (Å²) in [6.07, 6.45) is 0. The zero-order chi connectivity index (χ0) is 17.6. The average Bonchev–Trinajstić information content (AvgIpc) is 2.96. The molecule has 0 radical (unpaired) electrons. The molecule has 25 heavy (non-hydrogen) atoms. The van der Waals surface area contributed by atoms with Crippen LogP contribution in [0.1, 0.15) is 22.8 Å². The molecule has 4 aromatic heterocycles. The van der Waals surface area contributed by atoms with Crippen LogP contribution < -0.4 is 5.56 Å². The van der Waals surface area contributed by atoms with Crippen molar-refractivity contribution in [3.05, 3.63) is 63.5 Å². The van der Waals surface area contributed by atoms with Crippen LogP contribution in [0.5, 0.6) is 0 Å². The van der Waals surface area contributed by atoms with Crippen molar-refractivity contribution in [3.8, 4) is 0 Å². The summed E-state index contributed by atoms with van der Waals surface area (Å²) in [5.41, 5.74) is 4.05. The van der Waals surface area contributed by atoms with Crippen molar-refractivity contribution in [1.29, 1.82) is 0 Å². The fourth-order valence-electron chi connectivity index (χ4n) is 2.79. The molecule has 0 unspecified atom stereocenters. The molecule has 7 nitrogen and oxygen atoms in total. The quantitative estimate of drug-likeness (QED) is 0.527. The Balaban J connectivity index is 1.64. The minimum absolute atomic E-state index is 0.0743. The predicted molar refractivity (Wildman–Crippen MR) is 96.0 cm³/mol. The van der Waals surface area contributed by atoms with E-state index in [0.717, 1.165) is 17.1 Å². The van der Waals surface area contributed by atoms with Gasteiger partial charge in [-0.1, -0.05) is 17.8 Å². The van der Waals surface area contributed by atoms with Gasteiger partial charge in [0.05, 0.1) is 5.69 Å². The summed E-state index contributed by atoms with van der Waals surface area (Å²) in [5, 5.41) is 5.08. The van der Waals surface area contributed by atoms with E-state index in [1.54, 1.807) is 15.0 Å². The minimum Gasteiger partial charge on any atom is -0.269 e. The van der Waals surface area contributed by atoms with E-state index in [0.29, 0.717) is 28.0 Å². The maximum atomic E-state index is 12.3. The fourth-order valence-corrected chi connectivity index (χ4v) is 3.50. The van der Waals surface area contributed by atoms with Gasteiger partial charge in [-0.25, -0.2) is 14.5 Å². The molecule has 4 aromatic rings. The molecule has 0 saturated heterocycles. The molecule has 0 aliphatic carbocycles. The third kappa shape index (κ3) is 2.89. The highest BCUT2D eigenvalue weighted by Gasteiger charge is 2.10. The van der Waals surface area contributed by atoms with E-state index < -0.39 is 0 Å². The summed E-state index contributed by atoms with van der Waals surface area (Å²) in [6.45, 7) is 5.80. The molecule has 0 N–H and O–H groups in total. The molecule has 0 aliphatic rings. The SMILES string of the molecule is Cc1cc(C)n2nc(SCc3cc(=O)n4c(C)cccc4n3)nc2n1. The smallest absolute Gasteiger partial charge is 0.258 e. The Kier molecular flexibility index (Phi) is 3.76. The molecular formula is C17H16N6OS. The second-order valence-corrected chi connectivity index (χ2v) is 6.82. The molecule has 4 rings (SSSR count). The number of nitrogens with zero attached hydrogens (tertiary/aromatic N) is 6. The zero-order valence-corrected chi connectivity index (χ0v) is 14.9. The second-order valence-electron chi connectivity index (χ2n) is 5.88. The number of thioether (sulfide) groups is 1. The molecule has 126 valence electrons. The first-order chi connectivity index (χ1) is 12.0. The van der Waals surface area contributed by atoms with Crippen LogP contribution in [0.2, 0.25) is 0 Å². The van der Waals surface area contributed by atoms with E-state index in [1.807, 2.05) is 45.0 Å². The Morgan fingerprint density at radius 2 is 1.88 bits per heavy atom. The van der Waals surface area contributed by atoms with Crippen LogP contribution >= 0.6 is 11.8 Å². The van der Waals surface area contributed by atoms with Crippen molar-refractivity contribution in [3.63, 3.8) is 0 Å². The van der Waals surface area contributed by atoms with Gasteiger partial charge in [0.25, 0.3) is 11.3 Å². The summed E-state index contributed by atoms with van der Waals surface area (Å²) < 4.78 is 3.33. The number of aromatic nitrogens is 6. The number of aryl methyl sites for hydroxylation is 3. The maximum Gasteiger partial charge on any atom is 0.258 e. The van der Waals surface area contributed by atoms with Crippen LogP contribution in [-0.2, 0) is 5.75 Å². The Labute approximate surface area is 147 Å². The molecule has 0 aromatic carbocycles. The standard InChI is InChI=1S/C17H16N6OS/c1-10-7-12(3)23-16(18-10)20-17(21-23)25-9-13-8-15(24)22-11(2)5-4-6-14(22)19-13/h4-8H,9H2,1-3H3. The maximum absolute atomic E-state index is 12.3. The van der Waals surface area contributed by atoms with Crippen molar-refractivity contribution in [2.24, 2.45) is 0 Å². The second kappa shape index (κ2) is 5.96. The highest BCUT2D eigenvalue weighted by Crippen LogP contribution is 2.19. The van der Waals surface area contributed by atoms with E-state index in [9.17, 15) is 4.79 Å². The highest BCUT2D eigenvalue weighted by molar-refractivity contribution is 7.98. The van der Waals surface area contributed by atoms with Crippen molar-refractivity contribution in [2.45, 2.75) is 31.7 Å². The lowest BCUT2D eigenvalue weighted by Gasteiger charge is -2.05. The van der Waals surface area contributed by atoms with Crippen LogP contribution in [0.15, 0.2) is 40.3 Å². The third-order valence-corrected chi connectivity index (χ3v) is 4.75. The van der Waals surface area contributed by atoms with Gasteiger partial charge in [-0.05, 0) is 39.0 Å². The monoisotopic (exact) mass is 352 g/mol. The van der Waals surface area contributed by atoms with Crippen LogP contribution in [-0.4, -0.2) is 29.0 Å². The van der Waals surface area contributed by atoms with Crippen molar-refractivity contribution in [2.75, 3.05) is 0 Å². The van der Waals surface area contributed by atoms with Crippen LogP contribution in [0, 0.1) is 20.8 Å². The highest BCUT2D eigenvalue weighted by atomic mass is 32.2. The Morgan fingerprint density at radius 3 is 2.72 bits per heavy atom. The Hall–Kier alpha value is -2.74. The molecule has 0 fully saturated rings. The van der Waals surface area contributed by atoms with Gasteiger partial charge in [0.15, 0.2) is 0 Å². The van der Waals surface area contributed by atoms with E-state index >= 15 is 0 Å². The van der Waals surface area contributed by atoms with E-state index in [-0.39, 0.29) is 5.56 Å². The Morgan fingerprint density at radius 1 is 1.04 bits per heavy atom. The lowest BCUT2D eigenvalue weighted by molar-refractivity contribution is 0.842. The van der Waals surface area contributed by atoms with Crippen molar-refractivity contribution in [1.82, 2.24) is 29.0 Å². The molecule has 0 aliphatic heterocycles. The number of rotatable bonds is 3. The third-order valence-electron chi connectivity index (χ3n) is 3.88. The lowest BCUT2D eigenvalue weighted by Crippen LogP contribution is -2.17. The van der Waals surface area contributed by atoms with Gasteiger partial charge in [-0.2, -0.15) is 4.98 Å². The van der Waals surface area contributed by atoms with Crippen LogP contribution in [0.3, 0.4) is 0 Å². The van der Waals surface area contributed by atoms with Gasteiger partial charge in [0.1, 0.15) is 5.65 Å². The van der Waals surface area contributed by atoms with Crippen molar-refractivity contribution >= 4 is 23.2 Å². The summed E-state index contributed by atoms with van der Waals surface area (Å²) in [4.78, 5) is 25.7. The van der Waals surface area contributed by atoms with E-state index in [1.165, 1.54) is 11.8 Å². The molecule has 0 atom stereocenters. The molecule has 8 heteroatoms. The van der Waals surface area contributed by atoms with E-state index in [4.69, 9.17) is 0 Å². The number of pyridine rings is 1. The summed E-state index contributed by atoms with van der Waals surface area (Å²) in [7, 11) is 0. The van der Waals surface area contributed by atoms with Gasteiger partial charge in [0, 0.05) is 28.9 Å². The predicted octanol–water partition coefficient (Wildman–Crippen LogP) is 2.35. The first-order valence-electron chi connectivity index (χ1n) is 7.83. The first kappa shape index (κ1) is 15.8. The number of hydrogen-bond acceptors (Lipinski definition) is 6. The number of fused-ring (bicyclic) bond motifs is 2. The first-order valence-corrected chi connectivity index (χ1v) is 8.82. The molecule has 0 spiro atoms. The largest absolute Gasteiger partial charge is 0.269 e. The topological polar surface area (TPSA) is 77.5 Å². The van der Waals surface area contributed by atoms with Gasteiger partial charge in [-0.15, -0.1) is 5.10 Å². The Bertz CT molecular complexity index is 1160. The van der Waals surface area contributed by atoms with Gasteiger partial charge >= 0.3 is 0 Å². The normalized spacial score (nSPS) is 11.5. The molecule has 0 amide bonds. The van der Waals surface area contributed by atoms with Crippen molar-refractivity contribution < 1.29 is 0 Å². The summed E-state index contributed by atoms with van der Waals surface area (Å²) in [5.74, 6) is 1.11. The lowest BCUT2D eigenvalue weighted by atomic mass is 10.3. The average molecular weight is 352 g/mol. The molecule has 0 bridgehead atoms. The zero-order valence-electron chi connectivity index (χ0n) is 14.1. The summed E-state index contributed by atoms with van der Waals surface area (Å²) in [6, 6.07) is 9.15. The summed E-state index contributed by atoms with van der Waals surface area (Å²) >= 11 is 1.44. The van der Waals surface area contributed by atoms with Crippen LogP contribution in [0.4, 0.5) is 0 Å². The van der Waals surface area contributed by atoms with E-state index in [2.05, 4.69) is 20.1 Å². The molecule has 4 heterocycles. The number of hydrogen-bond donors (Lipinski definition) is 0. The molecular weight excluding hydrogens is 336 g/mol. The minimum atomic E-state index is -0.0743. The molecule has 0 saturated carbocycles. The van der Waals surface area contributed by atoms with Gasteiger partial charge in [0.2, 0.25) is 5.16 Å².